The van der Waals surface area contributed by atoms with Crippen molar-refractivity contribution >= 4 is 22.8 Å². The molecule has 2 fully saturated rings. The Morgan fingerprint density at radius 3 is 2.40 bits per heavy atom. The van der Waals surface area contributed by atoms with Gasteiger partial charge in [-0.15, -0.1) is 0 Å². The van der Waals surface area contributed by atoms with Crippen LogP contribution in [-0.2, 0) is 11.0 Å². The number of benzene rings is 1. The lowest BCUT2D eigenvalue weighted by molar-refractivity contribution is -0.137. The molecule has 0 bridgehead atoms. The van der Waals surface area contributed by atoms with E-state index in [0.29, 0.717) is 60.5 Å². The van der Waals surface area contributed by atoms with E-state index in [2.05, 4.69) is 25.6 Å². The van der Waals surface area contributed by atoms with Gasteiger partial charge in [0.15, 0.2) is 0 Å². The van der Waals surface area contributed by atoms with E-state index < -0.39 is 23.8 Å². The third-order valence-corrected chi connectivity index (χ3v) is 7.52. The van der Waals surface area contributed by atoms with Crippen molar-refractivity contribution in [2.45, 2.75) is 76.7 Å². The second kappa shape index (κ2) is 11.1. The lowest BCUT2D eigenvalue weighted by atomic mass is 9.90. The van der Waals surface area contributed by atoms with E-state index in [1.54, 1.807) is 6.92 Å². The van der Waals surface area contributed by atoms with E-state index in [9.17, 15) is 27.9 Å². The number of nitrogens with zero attached hydrogens (tertiary/aromatic N) is 2. The Kier molecular flexibility index (Phi) is 7.72. The molecule has 2 heterocycles. The van der Waals surface area contributed by atoms with Gasteiger partial charge in [0.2, 0.25) is 5.91 Å². The molecule has 12 heteroatoms. The SMILES string of the molecule is Cc1[nH]c2c(-c3cc(C(F)(F)F)ccc3OCC3CC3)ncnc2c1C(=O)N[C@H]1CC[C@@H](NC(=O)[C@H](C)O)CC1. The molecular formula is C28H32F3N5O4. The molecule has 40 heavy (non-hydrogen) atoms. The number of halogens is 3. The fourth-order valence-electron chi connectivity index (χ4n) is 5.07. The highest BCUT2D eigenvalue weighted by molar-refractivity contribution is 6.09. The third kappa shape index (κ3) is 6.06. The zero-order valence-corrected chi connectivity index (χ0v) is 22.3. The Morgan fingerprint density at radius 1 is 1.10 bits per heavy atom. The Labute approximate surface area is 228 Å². The van der Waals surface area contributed by atoms with Gasteiger partial charge in [-0.1, -0.05) is 0 Å². The van der Waals surface area contributed by atoms with Crippen LogP contribution in [0.4, 0.5) is 13.2 Å². The number of ether oxygens (including phenoxy) is 1. The molecule has 214 valence electrons. The number of carbonyl (C=O) groups excluding carboxylic acids is 2. The van der Waals surface area contributed by atoms with Gasteiger partial charge >= 0.3 is 6.18 Å². The van der Waals surface area contributed by atoms with Gasteiger partial charge in [-0.25, -0.2) is 9.97 Å². The number of aliphatic hydroxyl groups excluding tert-OH is 1. The summed E-state index contributed by atoms with van der Waals surface area (Å²) in [5, 5.41) is 15.3. The Hall–Kier alpha value is -3.67. The molecule has 2 saturated carbocycles. The van der Waals surface area contributed by atoms with Crippen LogP contribution < -0.4 is 15.4 Å². The van der Waals surface area contributed by atoms with Gasteiger partial charge in [0.25, 0.3) is 5.91 Å². The van der Waals surface area contributed by atoms with Gasteiger partial charge in [0, 0.05) is 23.3 Å². The summed E-state index contributed by atoms with van der Waals surface area (Å²) >= 11 is 0. The molecule has 1 atom stereocenters. The largest absolute Gasteiger partial charge is 0.493 e. The maximum absolute atomic E-state index is 13.6. The number of nitrogens with one attached hydrogen (secondary N) is 3. The number of aromatic nitrogens is 3. The predicted molar refractivity (Wildman–Crippen MR) is 141 cm³/mol. The highest BCUT2D eigenvalue weighted by atomic mass is 19.4. The molecule has 4 N–H and O–H groups in total. The summed E-state index contributed by atoms with van der Waals surface area (Å²) in [7, 11) is 0. The van der Waals surface area contributed by atoms with Crippen molar-refractivity contribution < 1.29 is 32.6 Å². The van der Waals surface area contributed by atoms with Gasteiger partial charge in [0.1, 0.15) is 29.4 Å². The molecule has 2 aliphatic rings. The number of H-pyrrole nitrogens is 1. The van der Waals surface area contributed by atoms with Crippen molar-refractivity contribution in [3.05, 3.63) is 41.3 Å². The molecule has 9 nitrogen and oxygen atoms in total. The molecule has 3 aromatic rings. The highest BCUT2D eigenvalue weighted by Crippen LogP contribution is 2.40. The summed E-state index contributed by atoms with van der Waals surface area (Å²) in [6, 6.07) is 3.15. The minimum absolute atomic E-state index is 0.0656. The zero-order chi connectivity index (χ0) is 28.6. The Bertz CT molecular complexity index is 1410. The number of alkyl halides is 3. The van der Waals surface area contributed by atoms with Crippen molar-refractivity contribution in [1.82, 2.24) is 25.6 Å². The van der Waals surface area contributed by atoms with Gasteiger partial charge in [-0.2, -0.15) is 13.2 Å². The lowest BCUT2D eigenvalue weighted by Crippen LogP contribution is -2.46. The smallest absolute Gasteiger partial charge is 0.416 e. The summed E-state index contributed by atoms with van der Waals surface area (Å²) in [5.74, 6) is -0.0795. The van der Waals surface area contributed by atoms with E-state index in [1.807, 2.05) is 0 Å². The molecule has 5 rings (SSSR count). The van der Waals surface area contributed by atoms with Crippen LogP contribution in [-0.4, -0.2) is 56.7 Å². The number of aromatic amines is 1. The van der Waals surface area contributed by atoms with E-state index in [-0.39, 0.29) is 35.0 Å². The normalized spacial score (nSPS) is 20.2. The standard InChI is InChI=1S/C28H32F3N5O4/c1-14-22(27(39)36-19-8-6-18(7-9-19)35-26(38)15(2)37)24-25(34-14)23(32-13-33-24)20-11-17(28(29,30)31)5-10-21(20)40-12-16-3-4-16/h5,10-11,13,15-16,18-19,34,37H,3-4,6-9,12H2,1-2H3,(H,35,38)(H,36,39)/t15-,18-,19+/m0/s1. The molecule has 1 aromatic carbocycles. The molecule has 2 aliphatic carbocycles. The topological polar surface area (TPSA) is 129 Å². The number of carbonyl (C=O) groups is 2. The first kappa shape index (κ1) is 27.9. The maximum Gasteiger partial charge on any atom is 0.416 e. The first-order valence-electron chi connectivity index (χ1n) is 13.5. The van der Waals surface area contributed by atoms with Crippen molar-refractivity contribution in [3.8, 4) is 17.0 Å². The summed E-state index contributed by atoms with van der Waals surface area (Å²) in [5.41, 5.74) is 1.05. The monoisotopic (exact) mass is 559 g/mol. The number of hydrogen-bond acceptors (Lipinski definition) is 6. The zero-order valence-electron chi connectivity index (χ0n) is 22.3. The van der Waals surface area contributed by atoms with Crippen LogP contribution in [0, 0.1) is 12.8 Å². The fourth-order valence-corrected chi connectivity index (χ4v) is 5.07. The van der Waals surface area contributed by atoms with Crippen LogP contribution in [0.15, 0.2) is 24.5 Å². The molecular weight excluding hydrogens is 527 g/mol. The van der Waals surface area contributed by atoms with Gasteiger partial charge in [-0.3, -0.25) is 9.59 Å². The second-order valence-electron chi connectivity index (χ2n) is 10.7. The first-order valence-corrected chi connectivity index (χ1v) is 13.5. The molecule has 0 radical (unpaired) electrons. The van der Waals surface area contributed by atoms with E-state index in [0.717, 1.165) is 25.0 Å². The number of hydrogen-bond donors (Lipinski definition) is 4. The van der Waals surface area contributed by atoms with E-state index in [4.69, 9.17) is 4.74 Å². The van der Waals surface area contributed by atoms with Crippen LogP contribution >= 0.6 is 0 Å². The van der Waals surface area contributed by atoms with Crippen molar-refractivity contribution in [1.29, 1.82) is 0 Å². The summed E-state index contributed by atoms with van der Waals surface area (Å²) in [6.45, 7) is 3.53. The maximum atomic E-state index is 13.6. The quantitative estimate of drug-likeness (QED) is 0.326. The molecule has 0 saturated heterocycles. The summed E-state index contributed by atoms with van der Waals surface area (Å²) in [4.78, 5) is 36.9. The Morgan fingerprint density at radius 2 is 1.77 bits per heavy atom. The number of rotatable bonds is 8. The number of fused-ring (bicyclic) bond motifs is 1. The highest BCUT2D eigenvalue weighted by Gasteiger charge is 2.33. The Balaban J connectivity index is 1.39. The van der Waals surface area contributed by atoms with Gasteiger partial charge in [0.05, 0.1) is 23.3 Å². The molecule has 2 amide bonds. The van der Waals surface area contributed by atoms with Crippen LogP contribution in [0.25, 0.3) is 22.3 Å². The minimum Gasteiger partial charge on any atom is -0.493 e. The van der Waals surface area contributed by atoms with Crippen molar-refractivity contribution in [2.75, 3.05) is 6.61 Å². The predicted octanol–water partition coefficient (Wildman–Crippen LogP) is 4.28. The van der Waals surface area contributed by atoms with E-state index >= 15 is 0 Å². The molecule has 0 unspecified atom stereocenters. The molecule has 2 aromatic heterocycles. The minimum atomic E-state index is -4.55. The van der Waals surface area contributed by atoms with Crippen molar-refractivity contribution in [3.63, 3.8) is 0 Å². The van der Waals surface area contributed by atoms with Crippen molar-refractivity contribution in [2.24, 2.45) is 5.92 Å². The molecule has 0 aliphatic heterocycles. The number of amides is 2. The second-order valence-corrected chi connectivity index (χ2v) is 10.7. The van der Waals surface area contributed by atoms with Crippen LogP contribution in [0.3, 0.4) is 0 Å². The average Bonchev–Trinajstić information content (AvgIpc) is 3.67. The number of aliphatic hydroxyl groups is 1. The summed E-state index contributed by atoms with van der Waals surface area (Å²) in [6.07, 6.45) is 0.261. The van der Waals surface area contributed by atoms with Crippen LogP contribution in [0.2, 0.25) is 0 Å². The van der Waals surface area contributed by atoms with E-state index in [1.165, 1.54) is 19.3 Å². The first-order chi connectivity index (χ1) is 19.0. The van der Waals surface area contributed by atoms with Gasteiger partial charge < -0.3 is 25.5 Å². The summed E-state index contributed by atoms with van der Waals surface area (Å²) < 4.78 is 46.7. The molecule has 0 spiro atoms. The van der Waals surface area contributed by atoms with Crippen LogP contribution in [0.5, 0.6) is 5.75 Å². The lowest BCUT2D eigenvalue weighted by Gasteiger charge is -2.30. The fraction of sp³-hybridized carbons (Fsp3) is 0.500. The number of aryl methyl sites for hydroxylation is 1. The van der Waals surface area contributed by atoms with Crippen LogP contribution in [0.1, 0.15) is 67.1 Å². The van der Waals surface area contributed by atoms with Gasteiger partial charge in [-0.05, 0) is 76.5 Å². The third-order valence-electron chi connectivity index (χ3n) is 7.52. The average molecular weight is 560 g/mol.